The Morgan fingerprint density at radius 1 is 1.09 bits per heavy atom. The van der Waals surface area contributed by atoms with Crippen molar-refractivity contribution in [2.45, 2.75) is 52.9 Å². The summed E-state index contributed by atoms with van der Waals surface area (Å²) in [6, 6.07) is 0. The Morgan fingerprint density at radius 2 is 1.82 bits per heavy atom. The molecule has 0 radical (unpaired) electrons. The molecule has 0 N–H and O–H groups in total. The Kier molecular flexibility index (Phi) is 2.90. The van der Waals surface area contributed by atoms with Gasteiger partial charge in [0.05, 0.1) is 0 Å². The molecule has 2 nitrogen and oxygen atoms in total. The van der Waals surface area contributed by atoms with Crippen molar-refractivity contribution in [1.82, 2.24) is 0 Å². The Balaban J connectivity index is 1.77. The monoisotopic (exact) mass is 298 g/mol. The molecule has 22 heavy (non-hydrogen) atoms. The van der Waals surface area contributed by atoms with Crippen LogP contribution in [-0.2, 0) is 9.59 Å². The third-order valence-corrected chi connectivity index (χ3v) is 7.53. The third kappa shape index (κ3) is 1.67. The molecular weight excluding hydrogens is 272 g/mol. The van der Waals surface area contributed by atoms with Gasteiger partial charge >= 0.3 is 0 Å². The van der Waals surface area contributed by atoms with E-state index in [0.29, 0.717) is 23.5 Å². The average Bonchev–Trinajstić information content (AvgIpc) is 2.77. The van der Waals surface area contributed by atoms with Crippen molar-refractivity contribution in [2.24, 2.45) is 34.5 Å². The van der Waals surface area contributed by atoms with Crippen LogP contribution in [0, 0.1) is 34.5 Å². The normalized spacial score (nSPS) is 50.2. The van der Waals surface area contributed by atoms with Crippen LogP contribution in [0.2, 0.25) is 0 Å². The topological polar surface area (TPSA) is 34.1 Å². The summed E-state index contributed by atoms with van der Waals surface area (Å²) in [6.45, 7) is 6.64. The van der Waals surface area contributed by atoms with Gasteiger partial charge in [0.1, 0.15) is 5.78 Å². The summed E-state index contributed by atoms with van der Waals surface area (Å²) in [7, 11) is 0. The number of ketones is 2. The van der Waals surface area contributed by atoms with Crippen LogP contribution in [0.3, 0.4) is 0 Å². The molecule has 0 heterocycles. The summed E-state index contributed by atoms with van der Waals surface area (Å²) in [5, 5.41) is 0. The molecule has 1 unspecified atom stereocenters. The molecule has 4 aliphatic carbocycles. The number of carbonyl (C=O) groups is 2. The maximum atomic E-state index is 12.4. The number of allylic oxidation sites excluding steroid dienone is 4. The number of rotatable bonds is 0. The van der Waals surface area contributed by atoms with E-state index in [-0.39, 0.29) is 22.5 Å². The molecule has 0 saturated heterocycles. The molecule has 0 aliphatic heterocycles. The minimum Gasteiger partial charge on any atom is -0.299 e. The minimum absolute atomic E-state index is 0.0841. The third-order valence-electron chi connectivity index (χ3n) is 7.53. The highest BCUT2D eigenvalue weighted by Crippen LogP contribution is 2.62. The molecule has 118 valence electrons. The van der Waals surface area contributed by atoms with E-state index in [9.17, 15) is 9.59 Å². The fourth-order valence-corrected chi connectivity index (χ4v) is 6.11. The zero-order valence-corrected chi connectivity index (χ0v) is 13.9. The zero-order chi connectivity index (χ0) is 15.7. The summed E-state index contributed by atoms with van der Waals surface area (Å²) in [5.41, 5.74) is 1.28. The maximum absolute atomic E-state index is 12.4. The summed E-state index contributed by atoms with van der Waals surface area (Å²) in [6.07, 6.45) is 11.4. The molecule has 4 aliphatic rings. The first-order chi connectivity index (χ1) is 10.4. The Morgan fingerprint density at radius 3 is 2.59 bits per heavy atom. The molecule has 6 atom stereocenters. The van der Waals surface area contributed by atoms with Crippen LogP contribution in [0.5, 0.6) is 0 Å². The molecular formula is C20H26O2. The van der Waals surface area contributed by atoms with E-state index in [4.69, 9.17) is 0 Å². The predicted molar refractivity (Wildman–Crippen MR) is 86.2 cm³/mol. The first kappa shape index (κ1) is 14.4. The van der Waals surface area contributed by atoms with E-state index >= 15 is 0 Å². The molecule has 0 aromatic rings. The van der Waals surface area contributed by atoms with Crippen molar-refractivity contribution in [3.8, 4) is 0 Å². The van der Waals surface area contributed by atoms with Crippen molar-refractivity contribution >= 4 is 11.6 Å². The van der Waals surface area contributed by atoms with Crippen molar-refractivity contribution in [1.29, 1.82) is 0 Å². The van der Waals surface area contributed by atoms with Gasteiger partial charge in [-0.25, -0.2) is 0 Å². The minimum atomic E-state index is -0.0841. The Bertz CT molecular complexity index is 613. The van der Waals surface area contributed by atoms with Gasteiger partial charge in [-0.15, -0.1) is 0 Å². The molecule has 0 aromatic heterocycles. The van der Waals surface area contributed by atoms with Gasteiger partial charge in [0, 0.05) is 17.8 Å². The van der Waals surface area contributed by atoms with E-state index in [0.717, 1.165) is 32.1 Å². The second-order valence-electron chi connectivity index (χ2n) is 8.59. The SMILES string of the molecule is CC1C[C@@]2(C)C(=CC1=O)C=C[C@@H]1[C@@H]2CC[C@]2(C)C(=O)CC[C@@H]12. The van der Waals surface area contributed by atoms with Gasteiger partial charge in [-0.05, 0) is 60.5 Å². The lowest BCUT2D eigenvalue weighted by Crippen LogP contribution is -2.49. The first-order valence-electron chi connectivity index (χ1n) is 8.84. The van der Waals surface area contributed by atoms with Crippen molar-refractivity contribution < 1.29 is 9.59 Å². The van der Waals surface area contributed by atoms with E-state index in [2.05, 4.69) is 32.9 Å². The van der Waals surface area contributed by atoms with Crippen molar-refractivity contribution in [3.63, 3.8) is 0 Å². The van der Waals surface area contributed by atoms with Crippen molar-refractivity contribution in [3.05, 3.63) is 23.8 Å². The van der Waals surface area contributed by atoms with Crippen LogP contribution in [0.15, 0.2) is 23.8 Å². The molecule has 0 aromatic carbocycles. The number of Topliss-reactive ketones (excluding diaryl/α,β-unsaturated/α-hetero) is 1. The van der Waals surface area contributed by atoms with Crippen LogP contribution in [0.4, 0.5) is 0 Å². The molecule has 0 spiro atoms. The predicted octanol–water partition coefficient (Wildman–Crippen LogP) is 4.11. The van der Waals surface area contributed by atoms with Gasteiger partial charge in [-0.1, -0.05) is 32.9 Å². The second kappa shape index (κ2) is 4.43. The van der Waals surface area contributed by atoms with Gasteiger partial charge in [0.15, 0.2) is 5.78 Å². The lowest BCUT2D eigenvalue weighted by atomic mass is 9.49. The largest absolute Gasteiger partial charge is 0.299 e. The standard InChI is InChI=1S/C20H26O2/c1-12-11-20(3)13(10-17(12)21)4-5-14-15-6-7-18(22)19(15,2)9-8-16(14)20/h4-5,10,12,14-16H,6-9,11H2,1-3H3/t12?,14-,15-,16-,19-,20-/m0/s1. The van der Waals surface area contributed by atoms with Crippen LogP contribution >= 0.6 is 0 Å². The summed E-state index contributed by atoms with van der Waals surface area (Å²) < 4.78 is 0. The van der Waals surface area contributed by atoms with Gasteiger partial charge in [0.25, 0.3) is 0 Å². The molecule has 2 saturated carbocycles. The fourth-order valence-electron chi connectivity index (χ4n) is 6.11. The number of hydrogen-bond acceptors (Lipinski definition) is 2. The zero-order valence-electron chi connectivity index (χ0n) is 13.9. The molecule has 4 rings (SSSR count). The highest BCUT2D eigenvalue weighted by molar-refractivity contribution is 5.94. The van der Waals surface area contributed by atoms with Crippen LogP contribution in [-0.4, -0.2) is 11.6 Å². The first-order valence-corrected chi connectivity index (χ1v) is 8.84. The van der Waals surface area contributed by atoms with Crippen molar-refractivity contribution in [2.75, 3.05) is 0 Å². The van der Waals surface area contributed by atoms with Gasteiger partial charge < -0.3 is 0 Å². The number of carbonyl (C=O) groups excluding carboxylic acids is 2. The smallest absolute Gasteiger partial charge is 0.158 e. The van der Waals surface area contributed by atoms with E-state index in [1.165, 1.54) is 5.57 Å². The van der Waals surface area contributed by atoms with Crippen LogP contribution in [0.25, 0.3) is 0 Å². The highest BCUT2D eigenvalue weighted by Gasteiger charge is 2.58. The average molecular weight is 298 g/mol. The Hall–Kier alpha value is -1.18. The number of fused-ring (bicyclic) bond motifs is 5. The van der Waals surface area contributed by atoms with Gasteiger partial charge in [-0.3, -0.25) is 9.59 Å². The lowest BCUT2D eigenvalue weighted by Gasteiger charge is -2.55. The lowest BCUT2D eigenvalue weighted by molar-refractivity contribution is -0.130. The molecule has 0 bridgehead atoms. The molecule has 0 amide bonds. The van der Waals surface area contributed by atoms with E-state index in [1.54, 1.807) is 0 Å². The van der Waals surface area contributed by atoms with E-state index < -0.39 is 0 Å². The highest BCUT2D eigenvalue weighted by atomic mass is 16.1. The van der Waals surface area contributed by atoms with Crippen LogP contribution < -0.4 is 0 Å². The molecule has 2 heteroatoms. The quantitative estimate of drug-likeness (QED) is 0.674. The van der Waals surface area contributed by atoms with Gasteiger partial charge in [-0.2, -0.15) is 0 Å². The summed E-state index contributed by atoms with van der Waals surface area (Å²) in [4.78, 5) is 24.5. The summed E-state index contributed by atoms with van der Waals surface area (Å²) in [5.74, 6) is 2.55. The maximum Gasteiger partial charge on any atom is 0.158 e. The molecule has 2 fully saturated rings. The fraction of sp³-hybridized carbons (Fsp3) is 0.700. The van der Waals surface area contributed by atoms with Gasteiger partial charge in [0.2, 0.25) is 0 Å². The summed E-state index contributed by atoms with van der Waals surface area (Å²) >= 11 is 0. The Labute approximate surface area is 133 Å². The van der Waals surface area contributed by atoms with E-state index in [1.807, 2.05) is 6.08 Å². The second-order valence-corrected chi connectivity index (χ2v) is 8.59. The number of hydrogen-bond donors (Lipinski definition) is 0. The van der Waals surface area contributed by atoms with Crippen LogP contribution in [0.1, 0.15) is 52.9 Å².